The highest BCUT2D eigenvalue weighted by Crippen LogP contribution is 2.12. The van der Waals surface area contributed by atoms with Gasteiger partial charge in [0.05, 0.1) is 17.6 Å². The van der Waals surface area contributed by atoms with Crippen molar-refractivity contribution in [3.63, 3.8) is 0 Å². The molecule has 0 aliphatic carbocycles. The van der Waals surface area contributed by atoms with Gasteiger partial charge in [-0.2, -0.15) is 0 Å². The van der Waals surface area contributed by atoms with E-state index in [1.165, 1.54) is 0 Å². The van der Waals surface area contributed by atoms with Crippen LogP contribution in [0.3, 0.4) is 0 Å². The largest absolute Gasteiger partial charge is 0.459 e. The zero-order valence-electron chi connectivity index (χ0n) is 7.93. The number of ether oxygens (including phenoxy) is 1. The van der Waals surface area contributed by atoms with Crippen molar-refractivity contribution in [1.82, 2.24) is 9.97 Å². The van der Waals surface area contributed by atoms with E-state index in [0.717, 1.165) is 5.52 Å². The standard InChI is InChI=1S/C10H10N2O3/c13-4-5-15-10(14)9-6-8-7(12-9)2-1-3-11-8/h1-3,6,12-13H,4-5H2. The molecule has 2 aromatic rings. The molecule has 0 aliphatic heterocycles. The predicted octanol–water partition coefficient (Wildman–Crippen LogP) is 0.712. The van der Waals surface area contributed by atoms with Crippen LogP contribution in [0.25, 0.3) is 11.0 Å². The van der Waals surface area contributed by atoms with E-state index in [9.17, 15) is 4.79 Å². The summed E-state index contributed by atoms with van der Waals surface area (Å²) in [5.74, 6) is -0.484. The van der Waals surface area contributed by atoms with Crippen LogP contribution in [-0.2, 0) is 4.74 Å². The maximum Gasteiger partial charge on any atom is 0.354 e. The maximum absolute atomic E-state index is 11.4. The number of aliphatic hydroxyl groups excluding tert-OH is 1. The Labute approximate surface area is 85.7 Å². The molecule has 0 aliphatic rings. The molecule has 2 rings (SSSR count). The average Bonchev–Trinajstić information content (AvgIpc) is 2.69. The van der Waals surface area contributed by atoms with Gasteiger partial charge < -0.3 is 14.8 Å². The number of nitrogens with one attached hydrogen (secondary N) is 1. The fourth-order valence-electron chi connectivity index (χ4n) is 1.28. The minimum Gasteiger partial charge on any atom is -0.459 e. The number of nitrogens with zero attached hydrogens (tertiary/aromatic N) is 1. The minimum absolute atomic E-state index is 0.00161. The second kappa shape index (κ2) is 4.10. The van der Waals surface area contributed by atoms with Crippen molar-refractivity contribution in [2.75, 3.05) is 13.2 Å². The highest BCUT2D eigenvalue weighted by Gasteiger charge is 2.10. The average molecular weight is 206 g/mol. The lowest BCUT2D eigenvalue weighted by molar-refractivity contribution is 0.0428. The molecule has 5 nitrogen and oxygen atoms in total. The van der Waals surface area contributed by atoms with Crippen molar-refractivity contribution in [3.8, 4) is 0 Å². The van der Waals surface area contributed by atoms with Crippen LogP contribution in [0.5, 0.6) is 0 Å². The molecule has 0 aromatic carbocycles. The number of pyridine rings is 1. The number of rotatable bonds is 3. The van der Waals surface area contributed by atoms with Crippen molar-refractivity contribution < 1.29 is 14.6 Å². The Morgan fingerprint density at radius 1 is 1.60 bits per heavy atom. The molecule has 2 heterocycles. The van der Waals surface area contributed by atoms with Gasteiger partial charge in [0.2, 0.25) is 0 Å². The molecule has 0 amide bonds. The number of aromatic amines is 1. The number of hydrogen-bond donors (Lipinski definition) is 2. The van der Waals surface area contributed by atoms with Gasteiger partial charge >= 0.3 is 5.97 Å². The third kappa shape index (κ3) is 1.97. The number of fused-ring (bicyclic) bond motifs is 1. The van der Waals surface area contributed by atoms with Gasteiger partial charge in [0, 0.05) is 6.20 Å². The zero-order chi connectivity index (χ0) is 10.7. The Kier molecular flexibility index (Phi) is 2.64. The van der Waals surface area contributed by atoms with E-state index in [2.05, 4.69) is 9.97 Å². The van der Waals surface area contributed by atoms with Gasteiger partial charge in [0.25, 0.3) is 0 Å². The zero-order valence-corrected chi connectivity index (χ0v) is 7.93. The fraction of sp³-hybridized carbons (Fsp3) is 0.200. The molecule has 0 radical (unpaired) electrons. The van der Waals surface area contributed by atoms with Crippen molar-refractivity contribution in [1.29, 1.82) is 0 Å². The SMILES string of the molecule is O=C(OCCO)c1cc2ncccc2[nH]1. The number of carbonyl (C=O) groups is 1. The minimum atomic E-state index is -0.484. The van der Waals surface area contributed by atoms with Gasteiger partial charge in [-0.1, -0.05) is 0 Å². The van der Waals surface area contributed by atoms with E-state index in [0.29, 0.717) is 11.2 Å². The van der Waals surface area contributed by atoms with Crippen molar-refractivity contribution in [2.24, 2.45) is 0 Å². The summed E-state index contributed by atoms with van der Waals surface area (Å²) in [5.41, 5.74) is 1.85. The van der Waals surface area contributed by atoms with E-state index >= 15 is 0 Å². The second-order valence-electron chi connectivity index (χ2n) is 2.98. The Balaban J connectivity index is 2.25. The van der Waals surface area contributed by atoms with Gasteiger partial charge in [-0.25, -0.2) is 4.79 Å². The van der Waals surface area contributed by atoms with Crippen LogP contribution in [-0.4, -0.2) is 34.3 Å². The van der Waals surface area contributed by atoms with Crippen molar-refractivity contribution in [3.05, 3.63) is 30.1 Å². The molecule has 0 saturated heterocycles. The molecule has 78 valence electrons. The predicted molar refractivity (Wildman–Crippen MR) is 53.5 cm³/mol. The van der Waals surface area contributed by atoms with Crippen LogP contribution in [0.1, 0.15) is 10.5 Å². The van der Waals surface area contributed by atoms with Crippen LogP contribution < -0.4 is 0 Å². The van der Waals surface area contributed by atoms with Gasteiger partial charge in [0.15, 0.2) is 0 Å². The Morgan fingerprint density at radius 3 is 3.20 bits per heavy atom. The van der Waals surface area contributed by atoms with Crippen LogP contribution in [0.2, 0.25) is 0 Å². The van der Waals surface area contributed by atoms with Crippen molar-refractivity contribution in [2.45, 2.75) is 0 Å². The topological polar surface area (TPSA) is 75.2 Å². The first kappa shape index (κ1) is 9.67. The van der Waals surface area contributed by atoms with E-state index in [-0.39, 0.29) is 13.2 Å². The number of aliphatic hydroxyl groups is 1. The summed E-state index contributed by atoms with van der Waals surface area (Å²) in [6, 6.07) is 5.22. The normalized spacial score (nSPS) is 10.5. The van der Waals surface area contributed by atoms with E-state index in [1.54, 1.807) is 18.3 Å². The molecule has 0 fully saturated rings. The highest BCUT2D eigenvalue weighted by atomic mass is 16.5. The summed E-state index contributed by atoms with van der Waals surface area (Å²) in [6.07, 6.45) is 1.65. The number of hydrogen-bond acceptors (Lipinski definition) is 4. The van der Waals surface area contributed by atoms with Gasteiger partial charge in [-0.3, -0.25) is 4.98 Å². The lowest BCUT2D eigenvalue weighted by Crippen LogP contribution is -2.08. The summed E-state index contributed by atoms with van der Waals surface area (Å²) in [4.78, 5) is 18.3. The van der Waals surface area contributed by atoms with Crippen LogP contribution >= 0.6 is 0 Å². The quantitative estimate of drug-likeness (QED) is 0.725. The summed E-state index contributed by atoms with van der Waals surface area (Å²) < 4.78 is 4.76. The second-order valence-corrected chi connectivity index (χ2v) is 2.98. The first-order chi connectivity index (χ1) is 7.31. The molecular weight excluding hydrogens is 196 g/mol. The number of aromatic nitrogens is 2. The fourth-order valence-corrected chi connectivity index (χ4v) is 1.28. The van der Waals surface area contributed by atoms with E-state index in [1.807, 2.05) is 6.07 Å². The van der Waals surface area contributed by atoms with Crippen LogP contribution in [0, 0.1) is 0 Å². The summed E-state index contributed by atoms with van der Waals surface area (Å²) in [5, 5.41) is 8.50. The Bertz CT molecular complexity index is 445. The summed E-state index contributed by atoms with van der Waals surface area (Å²) in [7, 11) is 0. The molecule has 0 atom stereocenters. The first-order valence-corrected chi connectivity index (χ1v) is 4.53. The lowest BCUT2D eigenvalue weighted by atomic mass is 10.4. The molecular formula is C10H10N2O3. The molecule has 0 saturated carbocycles. The van der Waals surface area contributed by atoms with Gasteiger partial charge in [0.1, 0.15) is 12.3 Å². The summed E-state index contributed by atoms with van der Waals surface area (Å²) in [6.45, 7) is -0.175. The number of esters is 1. The monoisotopic (exact) mass is 206 g/mol. The molecule has 0 spiro atoms. The molecule has 2 aromatic heterocycles. The Hall–Kier alpha value is -1.88. The number of carbonyl (C=O) groups excluding carboxylic acids is 1. The third-order valence-corrected chi connectivity index (χ3v) is 1.93. The molecule has 5 heteroatoms. The van der Waals surface area contributed by atoms with Crippen molar-refractivity contribution >= 4 is 17.0 Å². The van der Waals surface area contributed by atoms with Gasteiger partial charge in [-0.15, -0.1) is 0 Å². The smallest absolute Gasteiger partial charge is 0.354 e. The molecule has 15 heavy (non-hydrogen) atoms. The maximum atomic E-state index is 11.4. The lowest BCUT2D eigenvalue weighted by Gasteiger charge is -1.98. The third-order valence-electron chi connectivity index (χ3n) is 1.93. The van der Waals surface area contributed by atoms with E-state index < -0.39 is 5.97 Å². The molecule has 2 N–H and O–H groups in total. The summed E-state index contributed by atoms with van der Waals surface area (Å²) >= 11 is 0. The molecule has 0 bridgehead atoms. The Morgan fingerprint density at radius 2 is 2.47 bits per heavy atom. The molecule has 0 unspecified atom stereocenters. The van der Waals surface area contributed by atoms with Crippen LogP contribution in [0.4, 0.5) is 0 Å². The first-order valence-electron chi connectivity index (χ1n) is 4.53. The van der Waals surface area contributed by atoms with E-state index in [4.69, 9.17) is 9.84 Å². The highest BCUT2D eigenvalue weighted by molar-refractivity contribution is 5.93. The van der Waals surface area contributed by atoms with Gasteiger partial charge in [-0.05, 0) is 18.2 Å². The van der Waals surface area contributed by atoms with Crippen LogP contribution in [0.15, 0.2) is 24.4 Å². The number of H-pyrrole nitrogens is 1.